The number of nitrogens with zero attached hydrogens (tertiary/aromatic N) is 1. The number of rotatable bonds is 4. The molecule has 0 amide bonds. The largest absolute Gasteiger partial charge is 0.313 e. The summed E-state index contributed by atoms with van der Waals surface area (Å²) in [5.74, 6) is 0. The molecule has 1 atom stereocenters. The molecular formula is C19H20N2. The topological polar surface area (TPSA) is 24.9 Å². The molecule has 0 aliphatic heterocycles. The standard InChI is InChI=1S/C19H20N2/c1-3-17(20-2)15-8-10-16(11-9-15)19-13-12-14-6-4-5-7-18(14)21-19/h4-13,17,20H,3H2,1-2H3. The second kappa shape index (κ2) is 6.06. The molecule has 106 valence electrons. The van der Waals surface area contributed by atoms with E-state index in [0.717, 1.165) is 23.2 Å². The fourth-order valence-electron chi connectivity index (χ4n) is 2.72. The zero-order chi connectivity index (χ0) is 14.7. The normalized spacial score (nSPS) is 12.5. The van der Waals surface area contributed by atoms with Crippen LogP contribution in [0.3, 0.4) is 0 Å². The van der Waals surface area contributed by atoms with Crippen molar-refractivity contribution in [3.8, 4) is 11.3 Å². The van der Waals surface area contributed by atoms with E-state index >= 15 is 0 Å². The van der Waals surface area contributed by atoms with E-state index in [2.05, 4.69) is 60.8 Å². The molecule has 3 rings (SSSR count). The lowest BCUT2D eigenvalue weighted by Gasteiger charge is -2.14. The second-order valence-corrected chi connectivity index (χ2v) is 5.26. The Morgan fingerprint density at radius 1 is 0.952 bits per heavy atom. The molecule has 21 heavy (non-hydrogen) atoms. The van der Waals surface area contributed by atoms with Crippen LogP contribution < -0.4 is 5.32 Å². The third kappa shape index (κ3) is 2.81. The minimum atomic E-state index is 0.420. The summed E-state index contributed by atoms with van der Waals surface area (Å²) in [6.07, 6.45) is 1.09. The summed E-state index contributed by atoms with van der Waals surface area (Å²) in [6.45, 7) is 2.19. The number of pyridine rings is 1. The quantitative estimate of drug-likeness (QED) is 0.755. The van der Waals surface area contributed by atoms with Gasteiger partial charge in [0, 0.05) is 17.0 Å². The van der Waals surface area contributed by atoms with Crippen LogP contribution >= 0.6 is 0 Å². The third-order valence-electron chi connectivity index (χ3n) is 3.96. The minimum Gasteiger partial charge on any atom is -0.313 e. The first-order chi connectivity index (χ1) is 10.3. The summed E-state index contributed by atoms with van der Waals surface area (Å²) in [6, 6.07) is 21.6. The van der Waals surface area contributed by atoms with Gasteiger partial charge in [0.05, 0.1) is 11.2 Å². The van der Waals surface area contributed by atoms with Crippen molar-refractivity contribution in [3.63, 3.8) is 0 Å². The lowest BCUT2D eigenvalue weighted by atomic mass is 10.0. The van der Waals surface area contributed by atoms with Crippen LogP contribution in [0, 0.1) is 0 Å². The molecule has 1 N–H and O–H groups in total. The van der Waals surface area contributed by atoms with Crippen molar-refractivity contribution in [3.05, 3.63) is 66.2 Å². The molecule has 3 aromatic rings. The first-order valence-corrected chi connectivity index (χ1v) is 7.45. The summed E-state index contributed by atoms with van der Waals surface area (Å²) in [5.41, 5.74) is 4.55. The highest BCUT2D eigenvalue weighted by Gasteiger charge is 2.07. The van der Waals surface area contributed by atoms with Gasteiger partial charge in [-0.1, -0.05) is 55.5 Å². The van der Waals surface area contributed by atoms with Crippen molar-refractivity contribution in [2.24, 2.45) is 0 Å². The Labute approximate surface area is 125 Å². The number of nitrogens with one attached hydrogen (secondary N) is 1. The number of fused-ring (bicyclic) bond motifs is 1. The molecular weight excluding hydrogens is 256 g/mol. The first kappa shape index (κ1) is 13.8. The molecule has 0 bridgehead atoms. The Kier molecular flexibility index (Phi) is 3.98. The molecule has 0 radical (unpaired) electrons. The third-order valence-corrected chi connectivity index (χ3v) is 3.96. The lowest BCUT2D eigenvalue weighted by molar-refractivity contribution is 0.577. The van der Waals surface area contributed by atoms with Crippen LogP contribution in [0.4, 0.5) is 0 Å². The first-order valence-electron chi connectivity index (χ1n) is 7.45. The van der Waals surface area contributed by atoms with Gasteiger partial charge in [0.1, 0.15) is 0 Å². The molecule has 0 spiro atoms. The Bertz CT molecular complexity index is 728. The Morgan fingerprint density at radius 3 is 2.43 bits per heavy atom. The second-order valence-electron chi connectivity index (χ2n) is 5.26. The van der Waals surface area contributed by atoms with Crippen LogP contribution in [0.5, 0.6) is 0 Å². The molecule has 2 nitrogen and oxygen atoms in total. The number of para-hydroxylation sites is 1. The van der Waals surface area contributed by atoms with Gasteiger partial charge in [-0.3, -0.25) is 0 Å². The van der Waals surface area contributed by atoms with E-state index in [9.17, 15) is 0 Å². The molecule has 1 heterocycles. The van der Waals surface area contributed by atoms with Crippen molar-refractivity contribution in [1.82, 2.24) is 10.3 Å². The van der Waals surface area contributed by atoms with Crippen LogP contribution in [0.25, 0.3) is 22.2 Å². The Morgan fingerprint density at radius 2 is 1.71 bits per heavy atom. The van der Waals surface area contributed by atoms with Gasteiger partial charge in [0.25, 0.3) is 0 Å². The van der Waals surface area contributed by atoms with Gasteiger partial charge in [-0.2, -0.15) is 0 Å². The van der Waals surface area contributed by atoms with Crippen molar-refractivity contribution in [2.45, 2.75) is 19.4 Å². The minimum absolute atomic E-state index is 0.420. The van der Waals surface area contributed by atoms with E-state index < -0.39 is 0 Å². The zero-order valence-electron chi connectivity index (χ0n) is 12.5. The monoisotopic (exact) mass is 276 g/mol. The van der Waals surface area contributed by atoms with Crippen molar-refractivity contribution in [1.29, 1.82) is 0 Å². The van der Waals surface area contributed by atoms with E-state index in [4.69, 9.17) is 4.98 Å². The van der Waals surface area contributed by atoms with Crippen LogP contribution in [-0.2, 0) is 0 Å². The van der Waals surface area contributed by atoms with Gasteiger partial charge in [-0.25, -0.2) is 4.98 Å². The maximum absolute atomic E-state index is 4.74. The maximum atomic E-state index is 4.74. The molecule has 0 aliphatic rings. The summed E-state index contributed by atoms with van der Waals surface area (Å²) in [4.78, 5) is 4.74. The fraction of sp³-hybridized carbons (Fsp3) is 0.211. The SMILES string of the molecule is CCC(NC)c1ccc(-c2ccc3ccccc3n2)cc1. The Hall–Kier alpha value is -2.19. The highest BCUT2D eigenvalue weighted by atomic mass is 14.9. The van der Waals surface area contributed by atoms with Gasteiger partial charge < -0.3 is 5.32 Å². The Balaban J connectivity index is 1.95. The molecule has 0 saturated carbocycles. The van der Waals surface area contributed by atoms with E-state index in [0.29, 0.717) is 6.04 Å². The van der Waals surface area contributed by atoms with Gasteiger partial charge in [-0.05, 0) is 31.2 Å². The maximum Gasteiger partial charge on any atom is 0.0709 e. The number of hydrogen-bond donors (Lipinski definition) is 1. The van der Waals surface area contributed by atoms with Gasteiger partial charge in [0.2, 0.25) is 0 Å². The number of aromatic nitrogens is 1. The molecule has 2 aromatic carbocycles. The summed E-state index contributed by atoms with van der Waals surface area (Å²) >= 11 is 0. The smallest absolute Gasteiger partial charge is 0.0709 e. The van der Waals surface area contributed by atoms with E-state index in [1.165, 1.54) is 10.9 Å². The van der Waals surface area contributed by atoms with Crippen LogP contribution in [0.15, 0.2) is 60.7 Å². The van der Waals surface area contributed by atoms with Gasteiger partial charge in [-0.15, -0.1) is 0 Å². The highest BCUT2D eigenvalue weighted by Crippen LogP contribution is 2.23. The average molecular weight is 276 g/mol. The van der Waals surface area contributed by atoms with Gasteiger partial charge >= 0.3 is 0 Å². The van der Waals surface area contributed by atoms with Crippen molar-refractivity contribution < 1.29 is 0 Å². The predicted octanol–water partition coefficient (Wildman–Crippen LogP) is 4.57. The van der Waals surface area contributed by atoms with Gasteiger partial charge in [0.15, 0.2) is 0 Å². The molecule has 0 fully saturated rings. The van der Waals surface area contributed by atoms with E-state index in [1.54, 1.807) is 0 Å². The molecule has 2 heteroatoms. The van der Waals surface area contributed by atoms with Crippen LogP contribution in [0.1, 0.15) is 24.9 Å². The van der Waals surface area contributed by atoms with E-state index in [-0.39, 0.29) is 0 Å². The van der Waals surface area contributed by atoms with E-state index in [1.807, 2.05) is 19.2 Å². The van der Waals surface area contributed by atoms with Crippen molar-refractivity contribution >= 4 is 10.9 Å². The average Bonchev–Trinajstić information content (AvgIpc) is 2.56. The molecule has 0 aliphatic carbocycles. The molecule has 1 unspecified atom stereocenters. The summed E-state index contributed by atoms with van der Waals surface area (Å²) < 4.78 is 0. The summed E-state index contributed by atoms with van der Waals surface area (Å²) in [5, 5.41) is 4.52. The van der Waals surface area contributed by atoms with Crippen LogP contribution in [-0.4, -0.2) is 12.0 Å². The lowest BCUT2D eigenvalue weighted by Crippen LogP contribution is -2.14. The summed E-state index contributed by atoms with van der Waals surface area (Å²) in [7, 11) is 2.01. The molecule has 1 aromatic heterocycles. The predicted molar refractivity (Wildman–Crippen MR) is 89.3 cm³/mol. The number of hydrogen-bond acceptors (Lipinski definition) is 2. The fourth-order valence-corrected chi connectivity index (χ4v) is 2.72. The van der Waals surface area contributed by atoms with Crippen LogP contribution in [0.2, 0.25) is 0 Å². The molecule has 0 saturated heterocycles. The van der Waals surface area contributed by atoms with Crippen molar-refractivity contribution in [2.75, 3.05) is 7.05 Å². The highest BCUT2D eigenvalue weighted by molar-refractivity contribution is 5.81. The zero-order valence-corrected chi connectivity index (χ0v) is 12.5. The number of benzene rings is 2.